The van der Waals surface area contributed by atoms with Crippen molar-refractivity contribution < 1.29 is 0 Å². The molecule has 0 saturated heterocycles. The van der Waals surface area contributed by atoms with Gasteiger partial charge in [0.05, 0.1) is 0 Å². The van der Waals surface area contributed by atoms with Crippen LogP contribution in [0.1, 0.15) is 19.4 Å². The highest BCUT2D eigenvalue weighted by molar-refractivity contribution is 5.73. The number of nitrogens with one attached hydrogen (secondary N) is 2. The van der Waals surface area contributed by atoms with E-state index in [0.29, 0.717) is 17.9 Å². The minimum absolute atomic E-state index is 0.376. The van der Waals surface area contributed by atoms with Gasteiger partial charge in [-0.25, -0.2) is 0 Å². The van der Waals surface area contributed by atoms with Gasteiger partial charge in [0.1, 0.15) is 11.4 Å². The summed E-state index contributed by atoms with van der Waals surface area (Å²) in [5.74, 6) is 0. The molecule has 2 aromatic carbocycles. The van der Waals surface area contributed by atoms with E-state index in [-0.39, 0.29) is 0 Å². The van der Waals surface area contributed by atoms with Crippen molar-refractivity contribution in [2.24, 2.45) is 0 Å². The van der Waals surface area contributed by atoms with Crippen molar-refractivity contribution in [2.75, 3.05) is 17.7 Å². The number of rotatable bonds is 4. The van der Waals surface area contributed by atoms with Gasteiger partial charge in [0.25, 0.3) is 10.9 Å². The standard InChI is InChI=1S/C12H12N2O2.C2H6/c1-13-9-10(12(16)11(9)15)14-7-8-5-3-2-4-6-8;1-2/h2-6,13-14H,7H2,1H3;1-2H3. The molecule has 2 aromatic rings. The van der Waals surface area contributed by atoms with Crippen molar-refractivity contribution in [1.82, 2.24) is 0 Å². The normalized spacial score (nSPS) is 9.50. The van der Waals surface area contributed by atoms with Crippen LogP contribution in [0, 0.1) is 0 Å². The molecule has 0 aliphatic carbocycles. The van der Waals surface area contributed by atoms with Crippen LogP contribution in [-0.4, -0.2) is 7.05 Å². The summed E-state index contributed by atoms with van der Waals surface area (Å²) in [6.07, 6.45) is 0. The van der Waals surface area contributed by atoms with E-state index in [0.717, 1.165) is 5.56 Å². The second kappa shape index (κ2) is 6.59. The van der Waals surface area contributed by atoms with Crippen molar-refractivity contribution in [3.8, 4) is 0 Å². The smallest absolute Gasteiger partial charge is 0.253 e. The van der Waals surface area contributed by atoms with Gasteiger partial charge in [0, 0.05) is 13.6 Å². The molecule has 0 radical (unpaired) electrons. The Morgan fingerprint density at radius 1 is 0.944 bits per heavy atom. The Bertz CT molecular complexity index is 555. The molecule has 0 heterocycles. The summed E-state index contributed by atoms with van der Waals surface area (Å²) in [4.78, 5) is 22.3. The Morgan fingerprint density at radius 2 is 1.50 bits per heavy atom. The zero-order valence-electron chi connectivity index (χ0n) is 10.9. The summed E-state index contributed by atoms with van der Waals surface area (Å²) in [5.41, 5.74) is 0.938. The lowest BCUT2D eigenvalue weighted by Gasteiger charge is -2.12. The molecular formula is C14H18N2O2. The van der Waals surface area contributed by atoms with Crippen molar-refractivity contribution in [3.63, 3.8) is 0 Å². The third-order valence-electron chi connectivity index (χ3n) is 2.47. The molecule has 0 aliphatic heterocycles. The van der Waals surface area contributed by atoms with E-state index in [9.17, 15) is 9.59 Å². The fourth-order valence-electron chi connectivity index (χ4n) is 1.59. The molecule has 96 valence electrons. The van der Waals surface area contributed by atoms with E-state index < -0.39 is 10.9 Å². The Balaban J connectivity index is 0.000000771. The Morgan fingerprint density at radius 3 is 2.06 bits per heavy atom. The summed E-state index contributed by atoms with van der Waals surface area (Å²) < 4.78 is 0. The first-order valence-electron chi connectivity index (χ1n) is 6.03. The highest BCUT2D eigenvalue weighted by atomic mass is 16.2. The van der Waals surface area contributed by atoms with Crippen LogP contribution in [0.5, 0.6) is 0 Å². The van der Waals surface area contributed by atoms with Gasteiger partial charge in [-0.1, -0.05) is 44.2 Å². The van der Waals surface area contributed by atoms with Gasteiger partial charge in [-0.3, -0.25) is 9.59 Å². The summed E-state index contributed by atoms with van der Waals surface area (Å²) in [7, 11) is 1.63. The van der Waals surface area contributed by atoms with Gasteiger partial charge in [-0.2, -0.15) is 0 Å². The van der Waals surface area contributed by atoms with Crippen molar-refractivity contribution in [3.05, 3.63) is 56.3 Å². The van der Waals surface area contributed by atoms with Crippen LogP contribution >= 0.6 is 0 Å². The van der Waals surface area contributed by atoms with Crippen molar-refractivity contribution >= 4 is 11.4 Å². The molecule has 0 amide bonds. The number of anilines is 2. The number of benzene rings is 1. The van der Waals surface area contributed by atoms with E-state index in [1.165, 1.54) is 0 Å². The van der Waals surface area contributed by atoms with Crippen molar-refractivity contribution in [1.29, 1.82) is 0 Å². The van der Waals surface area contributed by atoms with Crippen LogP contribution in [0.25, 0.3) is 0 Å². The maximum atomic E-state index is 11.2. The van der Waals surface area contributed by atoms with Gasteiger partial charge in [-0.15, -0.1) is 0 Å². The first kappa shape index (κ1) is 14.0. The minimum Gasteiger partial charge on any atom is -0.383 e. The summed E-state index contributed by atoms with van der Waals surface area (Å²) in [6, 6.07) is 9.70. The molecule has 0 spiro atoms. The predicted octanol–water partition coefficient (Wildman–Crippen LogP) is 1.96. The average molecular weight is 246 g/mol. The summed E-state index contributed by atoms with van der Waals surface area (Å²) in [5, 5.41) is 5.68. The zero-order chi connectivity index (χ0) is 13.5. The predicted molar refractivity (Wildman–Crippen MR) is 76.0 cm³/mol. The molecule has 0 saturated carbocycles. The highest BCUT2D eigenvalue weighted by Crippen LogP contribution is 2.14. The van der Waals surface area contributed by atoms with Gasteiger partial charge in [0.2, 0.25) is 0 Å². The fraction of sp³-hybridized carbons (Fsp3) is 0.286. The zero-order valence-corrected chi connectivity index (χ0v) is 10.9. The lowest BCUT2D eigenvalue weighted by atomic mass is 10.1. The Labute approximate surface area is 106 Å². The summed E-state index contributed by atoms with van der Waals surface area (Å²) >= 11 is 0. The van der Waals surface area contributed by atoms with Crippen molar-refractivity contribution in [2.45, 2.75) is 20.4 Å². The van der Waals surface area contributed by atoms with Crippen LogP contribution in [-0.2, 0) is 6.54 Å². The SMILES string of the molecule is CC.CNc1c(NCc2ccccc2)c(=O)c1=O. The molecule has 4 heteroatoms. The third-order valence-corrected chi connectivity index (χ3v) is 2.47. The van der Waals surface area contributed by atoms with Gasteiger partial charge < -0.3 is 10.6 Å². The van der Waals surface area contributed by atoms with Gasteiger partial charge in [0.15, 0.2) is 0 Å². The molecule has 0 fully saturated rings. The van der Waals surface area contributed by atoms with Gasteiger partial charge in [-0.05, 0) is 5.56 Å². The first-order valence-corrected chi connectivity index (χ1v) is 6.03. The molecule has 0 atom stereocenters. The molecule has 2 rings (SSSR count). The summed E-state index contributed by atoms with van der Waals surface area (Å²) in [6.45, 7) is 4.54. The molecule has 0 aromatic heterocycles. The Kier molecular flexibility index (Phi) is 5.11. The molecule has 0 unspecified atom stereocenters. The van der Waals surface area contributed by atoms with E-state index in [1.807, 2.05) is 44.2 Å². The monoisotopic (exact) mass is 246 g/mol. The maximum absolute atomic E-state index is 11.2. The molecule has 0 aliphatic rings. The highest BCUT2D eigenvalue weighted by Gasteiger charge is 2.18. The maximum Gasteiger partial charge on any atom is 0.253 e. The van der Waals surface area contributed by atoms with E-state index in [4.69, 9.17) is 0 Å². The van der Waals surface area contributed by atoms with Crippen LogP contribution in [0.15, 0.2) is 39.9 Å². The van der Waals surface area contributed by atoms with E-state index in [1.54, 1.807) is 7.05 Å². The van der Waals surface area contributed by atoms with Crippen LogP contribution < -0.4 is 21.5 Å². The topological polar surface area (TPSA) is 58.2 Å². The number of hydrogen-bond acceptors (Lipinski definition) is 4. The average Bonchev–Trinajstić information content (AvgIpc) is 2.45. The van der Waals surface area contributed by atoms with Crippen LogP contribution in [0.4, 0.5) is 11.4 Å². The Hall–Kier alpha value is -2.10. The third kappa shape index (κ3) is 2.77. The lowest BCUT2D eigenvalue weighted by molar-refractivity contribution is 1.13. The van der Waals surface area contributed by atoms with E-state index in [2.05, 4.69) is 10.6 Å². The molecule has 2 N–H and O–H groups in total. The molecule has 0 bridgehead atoms. The van der Waals surface area contributed by atoms with Crippen LogP contribution in [0.3, 0.4) is 0 Å². The van der Waals surface area contributed by atoms with E-state index >= 15 is 0 Å². The first-order chi connectivity index (χ1) is 8.74. The second-order valence-electron chi connectivity index (χ2n) is 3.50. The second-order valence-corrected chi connectivity index (χ2v) is 3.50. The quantitative estimate of drug-likeness (QED) is 0.810. The lowest BCUT2D eigenvalue weighted by Crippen LogP contribution is -2.36. The van der Waals surface area contributed by atoms with Crippen LogP contribution in [0.2, 0.25) is 0 Å². The molecule has 4 nitrogen and oxygen atoms in total. The molecular weight excluding hydrogens is 228 g/mol. The largest absolute Gasteiger partial charge is 0.383 e. The number of hydrogen-bond donors (Lipinski definition) is 2. The minimum atomic E-state index is -0.446. The molecule has 18 heavy (non-hydrogen) atoms. The van der Waals surface area contributed by atoms with Gasteiger partial charge >= 0.3 is 0 Å². The fourth-order valence-corrected chi connectivity index (χ4v) is 1.59.